The minimum Gasteiger partial charge on any atom is -0.484 e. The molecule has 2 aromatic rings. The van der Waals surface area contributed by atoms with E-state index < -0.39 is 0 Å². The third-order valence-electron chi connectivity index (χ3n) is 3.09. The molecule has 94 valence electrons. The van der Waals surface area contributed by atoms with Gasteiger partial charge in [-0.1, -0.05) is 6.07 Å². The summed E-state index contributed by atoms with van der Waals surface area (Å²) in [5, 5.41) is 17.3. The molecule has 1 aromatic carbocycles. The van der Waals surface area contributed by atoms with Gasteiger partial charge < -0.3 is 14.3 Å². The second-order valence-corrected chi connectivity index (χ2v) is 4.42. The van der Waals surface area contributed by atoms with Crippen LogP contribution in [0.2, 0.25) is 0 Å². The van der Waals surface area contributed by atoms with Crippen molar-refractivity contribution in [3.05, 3.63) is 41.1 Å². The minimum absolute atomic E-state index is 0.266. The highest BCUT2D eigenvalue weighted by atomic mass is 16.5. The Bertz CT molecular complexity index is 565. The number of aromatic nitrogens is 2. The normalized spacial score (nSPS) is 17.8. The van der Waals surface area contributed by atoms with Crippen LogP contribution in [0.15, 0.2) is 22.6 Å². The SMILES string of the molecule is Cc1nnc(COc2ccc3c(c2)CC[C@@H]3O)o1. The predicted octanol–water partition coefficient (Wildman–Crippen LogP) is 1.94. The molecule has 0 bridgehead atoms. The molecule has 5 nitrogen and oxygen atoms in total. The summed E-state index contributed by atoms with van der Waals surface area (Å²) in [5.41, 5.74) is 2.16. The summed E-state index contributed by atoms with van der Waals surface area (Å²) in [4.78, 5) is 0. The number of hydrogen-bond donors (Lipinski definition) is 1. The van der Waals surface area contributed by atoms with Gasteiger partial charge >= 0.3 is 0 Å². The third-order valence-corrected chi connectivity index (χ3v) is 3.09. The summed E-state index contributed by atoms with van der Waals surface area (Å²) in [6.45, 7) is 2.01. The van der Waals surface area contributed by atoms with Gasteiger partial charge in [0.15, 0.2) is 6.61 Å². The van der Waals surface area contributed by atoms with Crippen LogP contribution in [-0.4, -0.2) is 15.3 Å². The van der Waals surface area contributed by atoms with Gasteiger partial charge in [-0.05, 0) is 36.1 Å². The lowest BCUT2D eigenvalue weighted by atomic mass is 10.1. The van der Waals surface area contributed by atoms with Gasteiger partial charge in [-0.25, -0.2) is 0 Å². The van der Waals surface area contributed by atoms with Crippen molar-refractivity contribution >= 4 is 0 Å². The maximum absolute atomic E-state index is 9.71. The quantitative estimate of drug-likeness (QED) is 0.896. The van der Waals surface area contributed by atoms with Crippen LogP contribution in [0.3, 0.4) is 0 Å². The Morgan fingerprint density at radius 1 is 1.44 bits per heavy atom. The van der Waals surface area contributed by atoms with E-state index in [9.17, 15) is 5.11 Å². The summed E-state index contributed by atoms with van der Waals surface area (Å²) >= 11 is 0. The van der Waals surface area contributed by atoms with Crippen molar-refractivity contribution in [2.24, 2.45) is 0 Å². The smallest absolute Gasteiger partial charge is 0.253 e. The van der Waals surface area contributed by atoms with Crippen molar-refractivity contribution in [2.45, 2.75) is 32.5 Å². The highest BCUT2D eigenvalue weighted by Gasteiger charge is 2.20. The molecule has 1 heterocycles. The average molecular weight is 246 g/mol. The van der Waals surface area contributed by atoms with E-state index >= 15 is 0 Å². The van der Waals surface area contributed by atoms with E-state index in [0.717, 1.165) is 29.7 Å². The van der Waals surface area contributed by atoms with Gasteiger partial charge in [0.1, 0.15) is 5.75 Å². The Labute approximate surface area is 104 Å². The molecular formula is C13H14N2O3. The van der Waals surface area contributed by atoms with E-state index in [2.05, 4.69) is 10.2 Å². The summed E-state index contributed by atoms with van der Waals surface area (Å²) in [6, 6.07) is 5.74. The molecule has 1 aliphatic rings. The van der Waals surface area contributed by atoms with Crippen LogP contribution in [0.25, 0.3) is 0 Å². The van der Waals surface area contributed by atoms with E-state index in [4.69, 9.17) is 9.15 Å². The molecule has 3 rings (SSSR count). The van der Waals surface area contributed by atoms with E-state index in [1.807, 2.05) is 18.2 Å². The Morgan fingerprint density at radius 3 is 3.11 bits per heavy atom. The molecule has 1 aromatic heterocycles. The Balaban J connectivity index is 1.70. The van der Waals surface area contributed by atoms with E-state index in [1.54, 1.807) is 6.92 Å². The number of aliphatic hydroxyl groups excluding tert-OH is 1. The third kappa shape index (κ3) is 2.09. The molecule has 0 aliphatic heterocycles. The summed E-state index contributed by atoms with van der Waals surface area (Å²) < 4.78 is 10.8. The molecular weight excluding hydrogens is 232 g/mol. The number of aryl methyl sites for hydroxylation is 2. The van der Waals surface area contributed by atoms with Crippen molar-refractivity contribution in [3.8, 4) is 5.75 Å². The lowest BCUT2D eigenvalue weighted by Crippen LogP contribution is -1.97. The number of aliphatic hydroxyl groups is 1. The lowest BCUT2D eigenvalue weighted by Gasteiger charge is -2.07. The van der Waals surface area contributed by atoms with Crippen LogP contribution in [0.5, 0.6) is 5.75 Å². The predicted molar refractivity (Wildman–Crippen MR) is 63.1 cm³/mol. The summed E-state index contributed by atoms with van der Waals surface area (Å²) in [5.74, 6) is 1.76. The first-order valence-corrected chi connectivity index (χ1v) is 5.95. The van der Waals surface area contributed by atoms with Gasteiger partial charge in [-0.3, -0.25) is 0 Å². The number of nitrogens with zero attached hydrogens (tertiary/aromatic N) is 2. The Morgan fingerprint density at radius 2 is 2.33 bits per heavy atom. The molecule has 0 unspecified atom stereocenters. The number of hydrogen-bond acceptors (Lipinski definition) is 5. The topological polar surface area (TPSA) is 68.4 Å². The van der Waals surface area contributed by atoms with Crippen LogP contribution in [-0.2, 0) is 13.0 Å². The van der Waals surface area contributed by atoms with Crippen LogP contribution in [0.4, 0.5) is 0 Å². The fraction of sp³-hybridized carbons (Fsp3) is 0.385. The van der Waals surface area contributed by atoms with Crippen molar-refractivity contribution in [2.75, 3.05) is 0 Å². The Kier molecular flexibility index (Phi) is 2.76. The zero-order valence-corrected chi connectivity index (χ0v) is 10.1. The molecule has 0 radical (unpaired) electrons. The molecule has 0 spiro atoms. The van der Waals surface area contributed by atoms with Gasteiger partial charge in [-0.2, -0.15) is 0 Å². The summed E-state index contributed by atoms with van der Waals surface area (Å²) in [6.07, 6.45) is 1.36. The minimum atomic E-state index is -0.326. The monoisotopic (exact) mass is 246 g/mol. The molecule has 0 saturated heterocycles. The van der Waals surface area contributed by atoms with E-state index in [1.165, 1.54) is 0 Å². The molecule has 5 heteroatoms. The first-order valence-electron chi connectivity index (χ1n) is 5.95. The number of fused-ring (bicyclic) bond motifs is 1. The van der Waals surface area contributed by atoms with Gasteiger partial charge in [0.2, 0.25) is 5.89 Å². The highest BCUT2D eigenvalue weighted by molar-refractivity contribution is 5.39. The van der Waals surface area contributed by atoms with Crippen LogP contribution < -0.4 is 4.74 Å². The molecule has 1 atom stereocenters. The molecule has 1 aliphatic carbocycles. The highest BCUT2D eigenvalue weighted by Crippen LogP contribution is 2.33. The zero-order valence-electron chi connectivity index (χ0n) is 10.1. The van der Waals surface area contributed by atoms with Crippen molar-refractivity contribution in [1.29, 1.82) is 0 Å². The average Bonchev–Trinajstić information content (AvgIpc) is 2.94. The summed E-state index contributed by atoms with van der Waals surface area (Å²) in [7, 11) is 0. The molecule has 0 saturated carbocycles. The van der Waals surface area contributed by atoms with Crippen molar-refractivity contribution < 1.29 is 14.3 Å². The number of ether oxygens (including phenoxy) is 1. The molecule has 1 N–H and O–H groups in total. The van der Waals surface area contributed by atoms with Gasteiger partial charge in [0.05, 0.1) is 6.10 Å². The maximum atomic E-state index is 9.71. The standard InChI is InChI=1S/C13H14N2O3/c1-8-14-15-13(18-8)7-17-10-3-4-11-9(6-10)2-5-12(11)16/h3-4,6,12,16H,2,5,7H2,1H3/t12-/m0/s1. The second kappa shape index (κ2) is 4.42. The van der Waals surface area contributed by atoms with Gasteiger partial charge in [0.25, 0.3) is 5.89 Å². The number of benzene rings is 1. The fourth-order valence-corrected chi connectivity index (χ4v) is 2.20. The van der Waals surface area contributed by atoms with Crippen LogP contribution in [0, 0.1) is 6.92 Å². The second-order valence-electron chi connectivity index (χ2n) is 4.42. The van der Waals surface area contributed by atoms with E-state index in [-0.39, 0.29) is 12.7 Å². The van der Waals surface area contributed by atoms with Crippen LogP contribution in [0.1, 0.15) is 35.4 Å². The first kappa shape index (κ1) is 11.2. The molecule has 18 heavy (non-hydrogen) atoms. The van der Waals surface area contributed by atoms with Crippen molar-refractivity contribution in [3.63, 3.8) is 0 Å². The first-order chi connectivity index (χ1) is 8.72. The van der Waals surface area contributed by atoms with Crippen molar-refractivity contribution in [1.82, 2.24) is 10.2 Å². The molecule has 0 amide bonds. The molecule has 0 fully saturated rings. The number of rotatable bonds is 3. The maximum Gasteiger partial charge on any atom is 0.253 e. The lowest BCUT2D eigenvalue weighted by molar-refractivity contribution is 0.180. The Hall–Kier alpha value is -1.88. The van der Waals surface area contributed by atoms with Crippen LogP contribution >= 0.6 is 0 Å². The largest absolute Gasteiger partial charge is 0.484 e. The van der Waals surface area contributed by atoms with Gasteiger partial charge in [0, 0.05) is 6.92 Å². The van der Waals surface area contributed by atoms with E-state index in [0.29, 0.717) is 11.8 Å². The fourth-order valence-electron chi connectivity index (χ4n) is 2.20. The van der Waals surface area contributed by atoms with Gasteiger partial charge in [-0.15, -0.1) is 10.2 Å². The zero-order chi connectivity index (χ0) is 12.5.